The van der Waals surface area contributed by atoms with E-state index in [9.17, 15) is 35.5 Å². The minimum absolute atomic E-state index is 0.0194. The van der Waals surface area contributed by atoms with Gasteiger partial charge in [-0.25, -0.2) is 9.18 Å². The monoisotopic (exact) mass is 421 g/mol. The first-order valence-corrected chi connectivity index (χ1v) is 8.20. The second kappa shape index (κ2) is 6.82. The van der Waals surface area contributed by atoms with E-state index in [1.807, 2.05) is 0 Å². The molecule has 2 aromatic rings. The highest BCUT2D eigenvalue weighted by atomic mass is 19.4. The third-order valence-corrected chi connectivity index (χ3v) is 4.25. The van der Waals surface area contributed by atoms with E-state index in [0.29, 0.717) is 17.8 Å². The topological polar surface area (TPSA) is 44.4 Å². The standard InChI is InChI=1S/C18H14F7N3O/c1-16(9-28(15(29)27-16)14-4-2-12(19)3-5-14)26-13-7-10(17(20,21)22)6-11(8-13)18(23,24)25/h2-8,26H,9H2,1H3,(H,27,29). The average Bonchev–Trinajstić information content (AvgIpc) is 2.88. The van der Waals surface area contributed by atoms with Crippen molar-refractivity contribution in [3.05, 3.63) is 59.4 Å². The molecule has 29 heavy (non-hydrogen) atoms. The van der Waals surface area contributed by atoms with Gasteiger partial charge in [0.25, 0.3) is 0 Å². The lowest BCUT2D eigenvalue weighted by molar-refractivity contribution is -0.143. The Morgan fingerprint density at radius 3 is 1.97 bits per heavy atom. The number of alkyl halides is 6. The fraction of sp³-hybridized carbons (Fsp3) is 0.278. The Labute approximate surface area is 160 Å². The molecule has 2 N–H and O–H groups in total. The molecule has 0 aromatic heterocycles. The first kappa shape index (κ1) is 20.7. The summed E-state index contributed by atoms with van der Waals surface area (Å²) in [6.07, 6.45) is -9.98. The molecule has 1 heterocycles. The smallest absolute Gasteiger partial charge is 0.361 e. The van der Waals surface area contributed by atoms with E-state index in [1.54, 1.807) is 0 Å². The van der Waals surface area contributed by atoms with E-state index in [-0.39, 0.29) is 12.6 Å². The number of carbonyl (C=O) groups is 1. The van der Waals surface area contributed by atoms with Gasteiger partial charge in [-0.15, -0.1) is 0 Å². The molecule has 0 saturated carbocycles. The first-order chi connectivity index (χ1) is 13.3. The molecule has 1 saturated heterocycles. The molecule has 156 valence electrons. The molecular weight excluding hydrogens is 407 g/mol. The lowest BCUT2D eigenvalue weighted by atomic mass is 10.1. The van der Waals surface area contributed by atoms with Gasteiger partial charge in [0.2, 0.25) is 0 Å². The van der Waals surface area contributed by atoms with Crippen molar-refractivity contribution in [2.45, 2.75) is 24.9 Å². The van der Waals surface area contributed by atoms with Gasteiger partial charge in [-0.3, -0.25) is 4.90 Å². The molecule has 0 spiro atoms. The minimum Gasteiger partial charge on any atom is -0.361 e. The number of benzene rings is 2. The highest BCUT2D eigenvalue weighted by Crippen LogP contribution is 2.38. The van der Waals surface area contributed by atoms with Crippen LogP contribution in [0.1, 0.15) is 18.1 Å². The van der Waals surface area contributed by atoms with Crippen LogP contribution in [-0.2, 0) is 12.4 Å². The van der Waals surface area contributed by atoms with Crippen LogP contribution in [0.25, 0.3) is 0 Å². The van der Waals surface area contributed by atoms with Crippen molar-refractivity contribution in [1.29, 1.82) is 0 Å². The number of nitrogens with one attached hydrogen (secondary N) is 2. The predicted molar refractivity (Wildman–Crippen MR) is 90.8 cm³/mol. The number of nitrogens with zero attached hydrogens (tertiary/aromatic N) is 1. The molecule has 0 bridgehead atoms. The van der Waals surface area contributed by atoms with Gasteiger partial charge in [-0.1, -0.05) is 0 Å². The third-order valence-electron chi connectivity index (χ3n) is 4.25. The zero-order valence-corrected chi connectivity index (χ0v) is 14.7. The van der Waals surface area contributed by atoms with E-state index >= 15 is 0 Å². The van der Waals surface area contributed by atoms with Crippen molar-refractivity contribution < 1.29 is 35.5 Å². The highest BCUT2D eigenvalue weighted by molar-refractivity contribution is 5.95. The van der Waals surface area contributed by atoms with Crippen LogP contribution in [0.15, 0.2) is 42.5 Å². The second-order valence-corrected chi connectivity index (χ2v) is 6.74. The Morgan fingerprint density at radius 1 is 0.966 bits per heavy atom. The van der Waals surface area contributed by atoms with Gasteiger partial charge in [0.15, 0.2) is 0 Å². The number of urea groups is 1. The minimum atomic E-state index is -4.99. The quantitative estimate of drug-likeness (QED) is 0.668. The van der Waals surface area contributed by atoms with Crippen molar-refractivity contribution in [3.63, 3.8) is 0 Å². The molecule has 1 aliphatic heterocycles. The number of carbonyl (C=O) groups excluding carboxylic acids is 1. The second-order valence-electron chi connectivity index (χ2n) is 6.74. The lowest BCUT2D eigenvalue weighted by Crippen LogP contribution is -2.47. The zero-order chi connectivity index (χ0) is 21.6. The molecule has 0 aliphatic carbocycles. The van der Waals surface area contributed by atoms with Crippen LogP contribution in [0.5, 0.6) is 0 Å². The summed E-state index contributed by atoms with van der Waals surface area (Å²) in [6, 6.07) is 5.34. The molecular formula is C18H14F7N3O. The number of rotatable bonds is 3. The van der Waals surface area contributed by atoms with Gasteiger partial charge in [-0.2, -0.15) is 26.3 Å². The van der Waals surface area contributed by atoms with Gasteiger partial charge in [0.05, 0.1) is 17.7 Å². The maximum atomic E-state index is 13.1. The van der Waals surface area contributed by atoms with Gasteiger partial charge in [-0.05, 0) is 49.4 Å². The maximum absolute atomic E-state index is 13.1. The molecule has 4 nitrogen and oxygen atoms in total. The fourth-order valence-corrected chi connectivity index (χ4v) is 2.98. The van der Waals surface area contributed by atoms with E-state index in [0.717, 1.165) is 12.1 Å². The summed E-state index contributed by atoms with van der Waals surface area (Å²) in [5.41, 5.74) is -4.47. The summed E-state index contributed by atoms with van der Waals surface area (Å²) in [7, 11) is 0. The van der Waals surface area contributed by atoms with Gasteiger partial charge in [0, 0.05) is 11.4 Å². The van der Waals surface area contributed by atoms with Crippen molar-refractivity contribution in [3.8, 4) is 0 Å². The number of hydrogen-bond acceptors (Lipinski definition) is 2. The number of hydrogen-bond donors (Lipinski definition) is 2. The molecule has 1 atom stereocenters. The molecule has 1 unspecified atom stereocenters. The number of amides is 2. The Morgan fingerprint density at radius 2 is 1.48 bits per heavy atom. The average molecular weight is 421 g/mol. The van der Waals surface area contributed by atoms with Crippen LogP contribution >= 0.6 is 0 Å². The number of halogens is 7. The Balaban J connectivity index is 1.90. The number of anilines is 2. The zero-order valence-electron chi connectivity index (χ0n) is 14.7. The Hall–Kier alpha value is -2.98. The Kier molecular flexibility index (Phi) is 4.88. The van der Waals surface area contributed by atoms with Crippen LogP contribution in [-0.4, -0.2) is 18.2 Å². The lowest BCUT2D eigenvalue weighted by Gasteiger charge is -2.27. The van der Waals surface area contributed by atoms with E-state index < -0.39 is 46.7 Å². The fourth-order valence-electron chi connectivity index (χ4n) is 2.98. The summed E-state index contributed by atoms with van der Waals surface area (Å²) in [6.45, 7) is 1.27. The maximum Gasteiger partial charge on any atom is 0.416 e. The van der Waals surface area contributed by atoms with E-state index in [2.05, 4.69) is 10.6 Å². The van der Waals surface area contributed by atoms with Crippen molar-refractivity contribution in [2.75, 3.05) is 16.8 Å². The molecule has 1 aliphatic rings. The van der Waals surface area contributed by atoms with Crippen molar-refractivity contribution in [2.24, 2.45) is 0 Å². The predicted octanol–water partition coefficient (Wildman–Crippen LogP) is 5.22. The Bertz CT molecular complexity index is 892. The SMILES string of the molecule is CC1(Nc2cc(C(F)(F)F)cc(C(F)(F)F)c2)CN(c2ccc(F)cc2)C(=O)N1. The van der Waals surface area contributed by atoms with Crippen LogP contribution in [0.4, 0.5) is 46.9 Å². The molecule has 1 fully saturated rings. The summed E-state index contributed by atoms with van der Waals surface area (Å²) >= 11 is 0. The first-order valence-electron chi connectivity index (χ1n) is 8.20. The molecule has 0 radical (unpaired) electrons. The van der Waals surface area contributed by atoms with E-state index in [4.69, 9.17) is 0 Å². The van der Waals surface area contributed by atoms with Gasteiger partial charge >= 0.3 is 18.4 Å². The van der Waals surface area contributed by atoms with E-state index in [1.165, 1.54) is 24.0 Å². The normalized spacial score (nSPS) is 20.0. The van der Waals surface area contributed by atoms with Crippen LogP contribution in [0, 0.1) is 5.82 Å². The summed E-state index contributed by atoms with van der Waals surface area (Å²) in [5.74, 6) is -0.530. The largest absolute Gasteiger partial charge is 0.416 e. The van der Waals surface area contributed by atoms with Crippen LogP contribution < -0.4 is 15.5 Å². The molecule has 2 amide bonds. The summed E-state index contributed by atoms with van der Waals surface area (Å²) in [5, 5.41) is 5.01. The van der Waals surface area contributed by atoms with Crippen LogP contribution in [0.3, 0.4) is 0 Å². The molecule has 2 aromatic carbocycles. The summed E-state index contributed by atoms with van der Waals surface area (Å²) < 4.78 is 91.2. The van der Waals surface area contributed by atoms with Gasteiger partial charge in [0.1, 0.15) is 11.5 Å². The third kappa shape index (κ3) is 4.54. The molecule has 11 heteroatoms. The molecule has 3 rings (SSSR count). The highest BCUT2D eigenvalue weighted by Gasteiger charge is 2.41. The van der Waals surface area contributed by atoms with Crippen molar-refractivity contribution >= 4 is 17.4 Å². The van der Waals surface area contributed by atoms with Gasteiger partial charge < -0.3 is 10.6 Å². The van der Waals surface area contributed by atoms with Crippen molar-refractivity contribution in [1.82, 2.24) is 5.32 Å². The summed E-state index contributed by atoms with van der Waals surface area (Å²) in [4.78, 5) is 13.4. The van der Waals surface area contributed by atoms with Crippen LogP contribution in [0.2, 0.25) is 0 Å².